The molecule has 0 aromatic rings. The van der Waals surface area contributed by atoms with Crippen LogP contribution in [0, 0.1) is 11.8 Å². The highest BCUT2D eigenvalue weighted by atomic mass is 32.2. The molecule has 1 N–H and O–H groups in total. The highest BCUT2D eigenvalue weighted by molar-refractivity contribution is 7.99. The summed E-state index contributed by atoms with van der Waals surface area (Å²) in [5.41, 5.74) is 0.211. The van der Waals surface area contributed by atoms with E-state index in [9.17, 15) is 0 Å². The topological polar surface area (TPSA) is 30.5 Å². The molecule has 3 aliphatic rings. The van der Waals surface area contributed by atoms with Crippen molar-refractivity contribution in [1.82, 2.24) is 5.32 Å². The molecule has 3 unspecified atom stereocenters. The molecule has 3 heterocycles. The van der Waals surface area contributed by atoms with Crippen LogP contribution in [0.25, 0.3) is 0 Å². The smallest absolute Gasteiger partial charge is 0.0701 e. The van der Waals surface area contributed by atoms with E-state index in [4.69, 9.17) is 9.47 Å². The average Bonchev–Trinajstić information content (AvgIpc) is 2.95. The molecule has 0 aromatic heterocycles. The van der Waals surface area contributed by atoms with Crippen molar-refractivity contribution in [3.63, 3.8) is 0 Å². The first kappa shape index (κ1) is 14.2. The second kappa shape index (κ2) is 6.33. The Hall–Kier alpha value is 0.230. The Balaban J connectivity index is 1.65. The molecule has 0 saturated carbocycles. The summed E-state index contributed by atoms with van der Waals surface area (Å²) in [6.45, 7) is 2.86. The van der Waals surface area contributed by atoms with Gasteiger partial charge >= 0.3 is 0 Å². The molecule has 0 bridgehead atoms. The van der Waals surface area contributed by atoms with Crippen molar-refractivity contribution in [3.05, 3.63) is 0 Å². The first-order valence-corrected chi connectivity index (χ1v) is 8.95. The van der Waals surface area contributed by atoms with Gasteiger partial charge in [0.2, 0.25) is 0 Å². The van der Waals surface area contributed by atoms with E-state index < -0.39 is 0 Å². The molecule has 1 spiro atoms. The third kappa shape index (κ3) is 3.12. The fourth-order valence-corrected chi connectivity index (χ4v) is 5.39. The van der Waals surface area contributed by atoms with E-state index in [2.05, 4.69) is 24.1 Å². The SMILES string of the molecule is CNC(C1CCOC1)C1CCOC2(CCSCC2)C1. The van der Waals surface area contributed by atoms with Crippen molar-refractivity contribution in [3.8, 4) is 0 Å². The number of thioether (sulfide) groups is 1. The van der Waals surface area contributed by atoms with Crippen LogP contribution in [0.4, 0.5) is 0 Å². The summed E-state index contributed by atoms with van der Waals surface area (Å²) in [6.07, 6.45) is 6.22. The molecule has 3 fully saturated rings. The monoisotopic (exact) mass is 285 g/mol. The predicted octanol–water partition coefficient (Wildman–Crippen LogP) is 2.30. The minimum absolute atomic E-state index is 0.211. The van der Waals surface area contributed by atoms with Gasteiger partial charge < -0.3 is 14.8 Å². The molecule has 3 rings (SSSR count). The van der Waals surface area contributed by atoms with Crippen molar-refractivity contribution in [2.45, 2.75) is 43.7 Å². The van der Waals surface area contributed by atoms with Crippen LogP contribution in [-0.4, -0.2) is 50.0 Å². The molecule has 0 amide bonds. The molecule has 0 aliphatic carbocycles. The lowest BCUT2D eigenvalue weighted by Gasteiger charge is -2.46. The Labute approximate surface area is 121 Å². The Kier molecular flexibility index (Phi) is 4.73. The van der Waals surface area contributed by atoms with E-state index in [1.807, 2.05) is 0 Å². The zero-order chi connectivity index (χ0) is 13.1. The van der Waals surface area contributed by atoms with Crippen molar-refractivity contribution in [2.75, 3.05) is 38.4 Å². The Morgan fingerprint density at radius 3 is 2.63 bits per heavy atom. The first-order valence-electron chi connectivity index (χ1n) is 7.80. The van der Waals surface area contributed by atoms with Gasteiger partial charge in [0.25, 0.3) is 0 Å². The summed E-state index contributed by atoms with van der Waals surface area (Å²) < 4.78 is 11.8. The van der Waals surface area contributed by atoms with Crippen LogP contribution in [0.2, 0.25) is 0 Å². The standard InChI is InChI=1S/C15H27NO2S/c1-16-14(13-2-6-17-11-13)12-3-7-18-15(10-12)4-8-19-9-5-15/h12-14,16H,2-11H2,1H3. The summed E-state index contributed by atoms with van der Waals surface area (Å²) in [7, 11) is 2.13. The molecule has 3 atom stereocenters. The van der Waals surface area contributed by atoms with Crippen LogP contribution in [0.5, 0.6) is 0 Å². The largest absolute Gasteiger partial charge is 0.381 e. The molecule has 110 valence electrons. The quantitative estimate of drug-likeness (QED) is 0.862. The van der Waals surface area contributed by atoms with Gasteiger partial charge in [0.05, 0.1) is 12.2 Å². The van der Waals surface area contributed by atoms with Crippen molar-refractivity contribution in [2.24, 2.45) is 11.8 Å². The second-order valence-corrected chi connectivity index (χ2v) is 7.56. The van der Waals surface area contributed by atoms with Gasteiger partial charge in [0.15, 0.2) is 0 Å². The summed E-state index contributed by atoms with van der Waals surface area (Å²) in [4.78, 5) is 0. The van der Waals surface area contributed by atoms with Gasteiger partial charge in [-0.1, -0.05) is 0 Å². The van der Waals surface area contributed by atoms with Crippen LogP contribution in [0.15, 0.2) is 0 Å². The second-order valence-electron chi connectivity index (χ2n) is 6.33. The van der Waals surface area contributed by atoms with Crippen LogP contribution in [0.3, 0.4) is 0 Å². The van der Waals surface area contributed by atoms with E-state index in [-0.39, 0.29) is 5.60 Å². The molecule has 0 aromatic carbocycles. The van der Waals surface area contributed by atoms with E-state index in [1.165, 1.54) is 43.6 Å². The Bertz CT molecular complexity index is 282. The predicted molar refractivity (Wildman–Crippen MR) is 79.7 cm³/mol. The van der Waals surface area contributed by atoms with Crippen LogP contribution in [0.1, 0.15) is 32.1 Å². The number of hydrogen-bond donors (Lipinski definition) is 1. The van der Waals surface area contributed by atoms with Gasteiger partial charge in [0, 0.05) is 25.2 Å². The summed E-state index contributed by atoms with van der Waals surface area (Å²) in [5.74, 6) is 4.05. The number of hydrogen-bond acceptors (Lipinski definition) is 4. The van der Waals surface area contributed by atoms with Crippen molar-refractivity contribution in [1.29, 1.82) is 0 Å². The lowest BCUT2D eigenvalue weighted by molar-refractivity contribution is -0.109. The Morgan fingerprint density at radius 2 is 1.95 bits per heavy atom. The van der Waals surface area contributed by atoms with E-state index in [0.717, 1.165) is 25.7 Å². The normalized spacial score (nSPS) is 36.5. The van der Waals surface area contributed by atoms with Crippen molar-refractivity contribution >= 4 is 11.8 Å². The van der Waals surface area contributed by atoms with Gasteiger partial charge in [-0.2, -0.15) is 11.8 Å². The van der Waals surface area contributed by atoms with E-state index in [0.29, 0.717) is 12.0 Å². The number of nitrogens with one attached hydrogen (secondary N) is 1. The van der Waals surface area contributed by atoms with Gasteiger partial charge in [-0.05, 0) is 56.6 Å². The van der Waals surface area contributed by atoms with Crippen LogP contribution >= 0.6 is 11.8 Å². The molecule has 3 aliphatic heterocycles. The highest BCUT2D eigenvalue weighted by Crippen LogP contribution is 2.42. The molecule has 3 nitrogen and oxygen atoms in total. The molecule has 4 heteroatoms. The summed E-state index contributed by atoms with van der Waals surface area (Å²) in [5, 5.41) is 3.59. The minimum atomic E-state index is 0.211. The van der Waals surface area contributed by atoms with Crippen LogP contribution in [-0.2, 0) is 9.47 Å². The zero-order valence-corrected chi connectivity index (χ0v) is 12.8. The lowest BCUT2D eigenvalue weighted by Crippen LogP contribution is -2.50. The number of rotatable bonds is 3. The third-order valence-electron chi connectivity index (χ3n) is 5.25. The number of ether oxygens (including phenoxy) is 2. The van der Waals surface area contributed by atoms with Gasteiger partial charge in [-0.3, -0.25) is 0 Å². The third-order valence-corrected chi connectivity index (χ3v) is 6.23. The fraction of sp³-hybridized carbons (Fsp3) is 1.00. The Morgan fingerprint density at radius 1 is 1.16 bits per heavy atom. The van der Waals surface area contributed by atoms with Gasteiger partial charge in [-0.25, -0.2) is 0 Å². The molecule has 0 radical (unpaired) electrons. The summed E-state index contributed by atoms with van der Waals surface area (Å²) in [6, 6.07) is 0.623. The average molecular weight is 285 g/mol. The molecular formula is C15H27NO2S. The van der Waals surface area contributed by atoms with E-state index in [1.54, 1.807) is 0 Å². The molecule has 3 saturated heterocycles. The maximum atomic E-state index is 6.22. The maximum Gasteiger partial charge on any atom is 0.0701 e. The highest BCUT2D eigenvalue weighted by Gasteiger charge is 2.42. The zero-order valence-electron chi connectivity index (χ0n) is 12.0. The van der Waals surface area contributed by atoms with Crippen molar-refractivity contribution < 1.29 is 9.47 Å². The maximum absolute atomic E-state index is 6.22. The van der Waals surface area contributed by atoms with Crippen LogP contribution < -0.4 is 5.32 Å². The molecule has 19 heavy (non-hydrogen) atoms. The van der Waals surface area contributed by atoms with Gasteiger partial charge in [-0.15, -0.1) is 0 Å². The summed E-state index contributed by atoms with van der Waals surface area (Å²) >= 11 is 2.09. The molecular weight excluding hydrogens is 258 g/mol. The minimum Gasteiger partial charge on any atom is -0.381 e. The first-order chi connectivity index (χ1) is 9.33. The van der Waals surface area contributed by atoms with E-state index >= 15 is 0 Å². The fourth-order valence-electron chi connectivity index (χ4n) is 4.16. The lowest BCUT2D eigenvalue weighted by atomic mass is 9.75. The van der Waals surface area contributed by atoms with Gasteiger partial charge in [0.1, 0.15) is 0 Å².